The number of aromatic nitrogens is 2. The normalized spacial score (nSPS) is 15.7. The van der Waals surface area contributed by atoms with Gasteiger partial charge in [0.15, 0.2) is 0 Å². The molecule has 3 heterocycles. The first-order chi connectivity index (χ1) is 18.4. The van der Waals surface area contributed by atoms with Crippen molar-refractivity contribution >= 4 is 40.8 Å². The van der Waals surface area contributed by atoms with Gasteiger partial charge in [-0.1, -0.05) is 24.8 Å². The number of carbonyl (C=O) groups is 2. The van der Waals surface area contributed by atoms with Crippen molar-refractivity contribution in [1.82, 2.24) is 19.8 Å². The smallest absolute Gasteiger partial charge is 0.326 e. The van der Waals surface area contributed by atoms with Crippen molar-refractivity contribution in [3.05, 3.63) is 78.5 Å². The fourth-order valence-electron chi connectivity index (χ4n) is 4.68. The van der Waals surface area contributed by atoms with Gasteiger partial charge in [0.1, 0.15) is 5.82 Å². The highest BCUT2D eigenvalue weighted by Gasteiger charge is 2.30. The lowest BCUT2D eigenvalue weighted by Crippen LogP contribution is -2.45. The number of hydrogen-bond acceptors (Lipinski definition) is 7. The Labute approximate surface area is 222 Å². The van der Waals surface area contributed by atoms with Crippen LogP contribution in [0.2, 0.25) is 0 Å². The van der Waals surface area contributed by atoms with Gasteiger partial charge in [-0.05, 0) is 49.0 Å². The molecule has 3 amide bonds. The second kappa shape index (κ2) is 10.9. The quantitative estimate of drug-likeness (QED) is 0.466. The average molecular weight is 513 g/mol. The van der Waals surface area contributed by atoms with Gasteiger partial charge in [0, 0.05) is 68.6 Å². The summed E-state index contributed by atoms with van der Waals surface area (Å²) in [5, 5.41) is 6.06. The van der Waals surface area contributed by atoms with Gasteiger partial charge in [0.05, 0.1) is 6.54 Å². The predicted octanol–water partition coefficient (Wildman–Crippen LogP) is 3.67. The fraction of sp³-hybridized carbons (Fsp3) is 0.286. The van der Waals surface area contributed by atoms with Crippen LogP contribution < -0.4 is 20.4 Å². The van der Waals surface area contributed by atoms with E-state index in [9.17, 15) is 9.59 Å². The highest BCUT2D eigenvalue weighted by molar-refractivity contribution is 5.99. The molecule has 1 fully saturated rings. The first-order valence-corrected chi connectivity index (χ1v) is 12.6. The zero-order valence-electron chi connectivity index (χ0n) is 21.7. The number of carbonyl (C=O) groups excluding carboxylic acids is 2. The summed E-state index contributed by atoms with van der Waals surface area (Å²) in [5.74, 6) is 0.708. The van der Waals surface area contributed by atoms with Gasteiger partial charge < -0.3 is 25.3 Å². The topological polar surface area (TPSA) is 96.9 Å². The van der Waals surface area contributed by atoms with E-state index < -0.39 is 0 Å². The summed E-state index contributed by atoms with van der Waals surface area (Å²) in [5.41, 5.74) is 4.40. The zero-order chi connectivity index (χ0) is 26.6. The van der Waals surface area contributed by atoms with E-state index in [2.05, 4.69) is 56.2 Å². The summed E-state index contributed by atoms with van der Waals surface area (Å²) in [6.07, 6.45) is 2.97. The minimum Gasteiger partial charge on any atom is -0.369 e. The zero-order valence-corrected chi connectivity index (χ0v) is 21.7. The molecule has 3 aromatic rings. The number of fused-ring (bicyclic) bond motifs is 1. The second-order valence-corrected chi connectivity index (χ2v) is 9.55. The molecule has 38 heavy (non-hydrogen) atoms. The molecule has 1 saturated heterocycles. The Balaban J connectivity index is 1.28. The van der Waals surface area contributed by atoms with Crippen molar-refractivity contribution in [2.75, 3.05) is 60.7 Å². The van der Waals surface area contributed by atoms with Crippen molar-refractivity contribution in [1.29, 1.82) is 0 Å². The number of para-hydroxylation sites is 1. The molecule has 2 aliphatic heterocycles. The van der Waals surface area contributed by atoms with E-state index in [4.69, 9.17) is 0 Å². The minimum absolute atomic E-state index is 0.177. The summed E-state index contributed by atoms with van der Waals surface area (Å²) in [6.45, 7) is 8.35. The fourth-order valence-corrected chi connectivity index (χ4v) is 4.68. The van der Waals surface area contributed by atoms with E-state index in [0.29, 0.717) is 30.5 Å². The Morgan fingerprint density at radius 3 is 2.53 bits per heavy atom. The number of nitrogens with one attached hydrogen (secondary N) is 2. The van der Waals surface area contributed by atoms with E-state index in [1.54, 1.807) is 18.1 Å². The number of hydrogen-bond donors (Lipinski definition) is 2. The van der Waals surface area contributed by atoms with Crippen LogP contribution in [0, 0.1) is 0 Å². The van der Waals surface area contributed by atoms with Crippen LogP contribution in [0.3, 0.4) is 0 Å². The molecule has 0 bridgehead atoms. The van der Waals surface area contributed by atoms with Crippen LogP contribution >= 0.6 is 0 Å². The average Bonchev–Trinajstić information content (AvgIpc) is 2.94. The Bertz CT molecular complexity index is 1330. The number of rotatable bonds is 7. The van der Waals surface area contributed by atoms with Gasteiger partial charge in [-0.15, -0.1) is 0 Å². The van der Waals surface area contributed by atoms with Crippen LogP contribution in [0.4, 0.5) is 33.6 Å². The largest absolute Gasteiger partial charge is 0.369 e. The lowest BCUT2D eigenvalue weighted by atomic mass is 10.1. The van der Waals surface area contributed by atoms with Crippen LogP contribution in [-0.4, -0.2) is 72.0 Å². The van der Waals surface area contributed by atoms with E-state index in [1.807, 2.05) is 36.4 Å². The molecule has 0 saturated carbocycles. The molecule has 10 heteroatoms. The molecule has 196 valence electrons. The maximum absolute atomic E-state index is 13.2. The standard InChI is InChI=1S/C28H32N8O2/c1-4-25(37)31-24-8-6-5-7-20(24)18-36-19-21-17-29-27(32-26(21)34(3)28(36)38)30-22-9-11-23(12-10-22)35-15-13-33(2)14-16-35/h4-12,17H,1,13-16,18-19H2,2-3H3,(H,31,37)(H,29,30,32). The van der Waals surface area contributed by atoms with E-state index in [0.717, 1.165) is 43.0 Å². The maximum Gasteiger partial charge on any atom is 0.326 e. The van der Waals surface area contributed by atoms with Crippen LogP contribution in [-0.2, 0) is 17.9 Å². The van der Waals surface area contributed by atoms with Gasteiger partial charge >= 0.3 is 6.03 Å². The number of nitrogens with zero attached hydrogens (tertiary/aromatic N) is 6. The molecule has 2 N–H and O–H groups in total. The van der Waals surface area contributed by atoms with Gasteiger partial charge in [0.2, 0.25) is 11.9 Å². The third-order valence-electron chi connectivity index (χ3n) is 6.89. The lowest BCUT2D eigenvalue weighted by Gasteiger charge is -2.34. The van der Waals surface area contributed by atoms with E-state index in [-0.39, 0.29) is 11.9 Å². The maximum atomic E-state index is 13.2. The molecule has 2 aliphatic rings. The van der Waals surface area contributed by atoms with Crippen LogP contribution in [0.15, 0.2) is 67.4 Å². The molecular formula is C28H32N8O2. The van der Waals surface area contributed by atoms with Gasteiger partial charge in [-0.3, -0.25) is 9.69 Å². The van der Waals surface area contributed by atoms with E-state index in [1.165, 1.54) is 16.7 Å². The predicted molar refractivity (Wildman–Crippen MR) is 150 cm³/mol. The van der Waals surface area contributed by atoms with Crippen molar-refractivity contribution in [2.45, 2.75) is 13.1 Å². The monoisotopic (exact) mass is 512 g/mol. The van der Waals surface area contributed by atoms with Gasteiger partial charge in [0.25, 0.3) is 0 Å². The van der Waals surface area contributed by atoms with E-state index >= 15 is 0 Å². The van der Waals surface area contributed by atoms with Crippen LogP contribution in [0.1, 0.15) is 11.1 Å². The highest BCUT2D eigenvalue weighted by Crippen LogP contribution is 2.29. The second-order valence-electron chi connectivity index (χ2n) is 9.55. The summed E-state index contributed by atoms with van der Waals surface area (Å²) in [6, 6.07) is 15.5. The molecule has 5 rings (SSSR count). The summed E-state index contributed by atoms with van der Waals surface area (Å²) < 4.78 is 0. The van der Waals surface area contributed by atoms with Crippen LogP contribution in [0.25, 0.3) is 0 Å². The summed E-state index contributed by atoms with van der Waals surface area (Å²) in [4.78, 5) is 42.2. The summed E-state index contributed by atoms with van der Waals surface area (Å²) in [7, 11) is 3.86. The Morgan fingerprint density at radius 1 is 1.05 bits per heavy atom. The third-order valence-corrected chi connectivity index (χ3v) is 6.89. The van der Waals surface area contributed by atoms with Crippen molar-refractivity contribution in [3.8, 4) is 0 Å². The number of benzene rings is 2. The Morgan fingerprint density at radius 2 is 1.79 bits per heavy atom. The first kappa shape index (κ1) is 25.2. The molecule has 10 nitrogen and oxygen atoms in total. The molecule has 2 aromatic carbocycles. The van der Waals surface area contributed by atoms with Gasteiger partial charge in [-0.25, -0.2) is 9.78 Å². The molecule has 0 atom stereocenters. The molecule has 0 unspecified atom stereocenters. The Kier molecular flexibility index (Phi) is 7.23. The number of urea groups is 1. The molecule has 0 radical (unpaired) electrons. The number of piperazine rings is 1. The van der Waals surface area contributed by atoms with Crippen molar-refractivity contribution in [3.63, 3.8) is 0 Å². The minimum atomic E-state index is -0.299. The number of amides is 3. The first-order valence-electron chi connectivity index (χ1n) is 12.6. The molecule has 0 spiro atoms. The van der Waals surface area contributed by atoms with Crippen molar-refractivity contribution in [2.24, 2.45) is 0 Å². The third kappa shape index (κ3) is 5.45. The number of anilines is 5. The van der Waals surface area contributed by atoms with Gasteiger partial charge in [-0.2, -0.15) is 4.98 Å². The molecular weight excluding hydrogens is 480 g/mol. The van der Waals surface area contributed by atoms with Crippen molar-refractivity contribution < 1.29 is 9.59 Å². The molecule has 1 aromatic heterocycles. The highest BCUT2D eigenvalue weighted by atomic mass is 16.2. The lowest BCUT2D eigenvalue weighted by molar-refractivity contribution is -0.111. The number of likely N-dealkylation sites (N-methyl/N-ethyl adjacent to an activating group) is 1. The van der Waals surface area contributed by atoms with Crippen LogP contribution in [0.5, 0.6) is 0 Å². The Hall–Kier alpha value is -4.44. The molecule has 0 aliphatic carbocycles. The SMILES string of the molecule is C=CC(=O)Nc1ccccc1CN1Cc2cnc(Nc3ccc(N4CCN(C)CC4)cc3)nc2N(C)C1=O. The summed E-state index contributed by atoms with van der Waals surface area (Å²) >= 11 is 0.